The summed E-state index contributed by atoms with van der Waals surface area (Å²) >= 11 is 1.70. The van der Waals surface area contributed by atoms with E-state index in [-0.39, 0.29) is 0 Å². The summed E-state index contributed by atoms with van der Waals surface area (Å²) in [7, 11) is 0. The first-order valence-corrected chi connectivity index (χ1v) is 6.72. The van der Waals surface area contributed by atoms with E-state index in [0.29, 0.717) is 0 Å². The molecule has 0 spiro atoms. The van der Waals surface area contributed by atoms with E-state index in [0.717, 1.165) is 35.9 Å². The Labute approximate surface area is 106 Å². The van der Waals surface area contributed by atoms with Crippen LogP contribution in [0.25, 0.3) is 0 Å². The summed E-state index contributed by atoms with van der Waals surface area (Å²) in [5.41, 5.74) is 3.55. The fraction of sp³-hybridized carbons (Fsp3) is 0.385. The highest BCUT2D eigenvalue weighted by Crippen LogP contribution is 2.09. The van der Waals surface area contributed by atoms with Crippen LogP contribution in [0.3, 0.4) is 0 Å². The molecule has 2 aromatic heterocycles. The van der Waals surface area contributed by atoms with Crippen molar-refractivity contribution < 1.29 is 0 Å². The molecule has 0 aliphatic rings. The van der Waals surface area contributed by atoms with Gasteiger partial charge in [0.1, 0.15) is 5.01 Å². The largest absolute Gasteiger partial charge is 0.305 e. The van der Waals surface area contributed by atoms with Crippen molar-refractivity contribution in [1.29, 1.82) is 0 Å². The van der Waals surface area contributed by atoms with Crippen LogP contribution >= 0.6 is 11.3 Å². The molecule has 0 fully saturated rings. The van der Waals surface area contributed by atoms with Gasteiger partial charge in [0.2, 0.25) is 0 Å². The molecule has 0 aromatic carbocycles. The van der Waals surface area contributed by atoms with Gasteiger partial charge < -0.3 is 5.32 Å². The second-order valence-electron chi connectivity index (χ2n) is 3.95. The second-order valence-corrected chi connectivity index (χ2v) is 4.89. The molecule has 0 aliphatic carbocycles. The fourth-order valence-corrected chi connectivity index (χ4v) is 2.47. The molecule has 2 aromatic rings. The van der Waals surface area contributed by atoms with Gasteiger partial charge in [-0.15, -0.1) is 11.3 Å². The molecule has 17 heavy (non-hydrogen) atoms. The Morgan fingerprint density at radius 3 is 2.94 bits per heavy atom. The minimum Gasteiger partial charge on any atom is -0.305 e. The zero-order valence-electron chi connectivity index (χ0n) is 10.2. The molecule has 1 N–H and O–H groups in total. The van der Waals surface area contributed by atoms with Crippen LogP contribution in [0.5, 0.6) is 0 Å². The van der Waals surface area contributed by atoms with E-state index < -0.39 is 0 Å². The predicted octanol–water partition coefficient (Wildman–Crippen LogP) is 2.70. The first-order chi connectivity index (χ1) is 8.29. The van der Waals surface area contributed by atoms with Gasteiger partial charge in [0.25, 0.3) is 0 Å². The number of thiazole rings is 1. The first-order valence-electron chi connectivity index (χ1n) is 5.84. The minimum atomic E-state index is 0.808. The topological polar surface area (TPSA) is 37.8 Å². The van der Waals surface area contributed by atoms with Crippen LogP contribution < -0.4 is 5.32 Å². The molecule has 0 saturated heterocycles. The Morgan fingerprint density at radius 1 is 1.35 bits per heavy atom. The standard InChI is InChI=1S/C13H17N3S/c1-3-11-5-4-6-15-12(11)7-14-8-13-16-10(2)9-17-13/h4-6,9,14H,3,7-8H2,1-2H3. The molecule has 3 nitrogen and oxygen atoms in total. The van der Waals surface area contributed by atoms with Crippen LogP contribution in [0.4, 0.5) is 0 Å². The maximum atomic E-state index is 4.42. The Morgan fingerprint density at radius 2 is 2.24 bits per heavy atom. The maximum absolute atomic E-state index is 4.42. The van der Waals surface area contributed by atoms with Gasteiger partial charge in [-0.3, -0.25) is 4.98 Å². The van der Waals surface area contributed by atoms with Crippen LogP contribution in [-0.2, 0) is 19.5 Å². The Hall–Kier alpha value is -1.26. The monoisotopic (exact) mass is 247 g/mol. The summed E-state index contributed by atoms with van der Waals surface area (Å²) in [5.74, 6) is 0. The van der Waals surface area contributed by atoms with Gasteiger partial charge >= 0.3 is 0 Å². The zero-order valence-corrected chi connectivity index (χ0v) is 11.0. The summed E-state index contributed by atoms with van der Waals surface area (Å²) < 4.78 is 0. The number of nitrogens with zero attached hydrogens (tertiary/aromatic N) is 2. The van der Waals surface area contributed by atoms with Gasteiger partial charge in [-0.25, -0.2) is 4.98 Å². The van der Waals surface area contributed by atoms with Crippen molar-refractivity contribution in [3.05, 3.63) is 45.7 Å². The molecule has 90 valence electrons. The van der Waals surface area contributed by atoms with Gasteiger partial charge in [-0.2, -0.15) is 0 Å². The third-order valence-electron chi connectivity index (χ3n) is 2.60. The molecule has 2 rings (SSSR count). The third kappa shape index (κ3) is 3.35. The summed E-state index contributed by atoms with van der Waals surface area (Å²) in [4.78, 5) is 8.83. The van der Waals surface area contributed by atoms with Crippen molar-refractivity contribution in [3.8, 4) is 0 Å². The number of hydrogen-bond donors (Lipinski definition) is 1. The van der Waals surface area contributed by atoms with Crippen molar-refractivity contribution in [1.82, 2.24) is 15.3 Å². The summed E-state index contributed by atoms with van der Waals surface area (Å²) in [6.45, 7) is 5.81. The Bertz CT molecular complexity index is 479. The first kappa shape index (κ1) is 12.2. The predicted molar refractivity (Wildman–Crippen MR) is 71.0 cm³/mol. The molecular weight excluding hydrogens is 230 g/mol. The van der Waals surface area contributed by atoms with E-state index in [1.807, 2.05) is 19.2 Å². The fourth-order valence-electron chi connectivity index (χ4n) is 1.72. The third-order valence-corrected chi connectivity index (χ3v) is 3.57. The quantitative estimate of drug-likeness (QED) is 0.882. The van der Waals surface area contributed by atoms with Crippen LogP contribution in [0.1, 0.15) is 28.9 Å². The normalized spacial score (nSPS) is 10.7. The molecule has 0 atom stereocenters. The lowest BCUT2D eigenvalue weighted by Gasteiger charge is -2.06. The number of aromatic nitrogens is 2. The van der Waals surface area contributed by atoms with Gasteiger partial charge in [0.15, 0.2) is 0 Å². The number of aryl methyl sites for hydroxylation is 2. The van der Waals surface area contributed by atoms with E-state index in [1.165, 1.54) is 5.56 Å². The van der Waals surface area contributed by atoms with Crippen LogP contribution in [-0.4, -0.2) is 9.97 Å². The molecule has 0 bridgehead atoms. The van der Waals surface area contributed by atoms with Crippen LogP contribution in [0.2, 0.25) is 0 Å². The number of pyridine rings is 1. The highest BCUT2D eigenvalue weighted by atomic mass is 32.1. The molecule has 0 amide bonds. The van der Waals surface area contributed by atoms with Gasteiger partial charge in [0, 0.05) is 30.4 Å². The lowest BCUT2D eigenvalue weighted by molar-refractivity contribution is 0.670. The van der Waals surface area contributed by atoms with Crippen LogP contribution in [0.15, 0.2) is 23.7 Å². The van der Waals surface area contributed by atoms with Crippen LogP contribution in [0, 0.1) is 6.92 Å². The lowest BCUT2D eigenvalue weighted by atomic mass is 10.1. The molecular formula is C13H17N3S. The maximum Gasteiger partial charge on any atom is 0.107 e. The molecule has 0 saturated carbocycles. The van der Waals surface area contributed by atoms with Gasteiger partial charge in [0.05, 0.1) is 5.69 Å². The number of nitrogens with one attached hydrogen (secondary N) is 1. The highest BCUT2D eigenvalue weighted by Gasteiger charge is 2.02. The zero-order chi connectivity index (χ0) is 12.1. The highest BCUT2D eigenvalue weighted by molar-refractivity contribution is 7.09. The molecule has 0 aliphatic heterocycles. The van der Waals surface area contributed by atoms with E-state index in [2.05, 4.69) is 33.7 Å². The lowest BCUT2D eigenvalue weighted by Crippen LogP contribution is -2.15. The molecule has 4 heteroatoms. The van der Waals surface area contributed by atoms with Crippen molar-refractivity contribution >= 4 is 11.3 Å². The number of rotatable bonds is 5. The molecule has 0 unspecified atom stereocenters. The van der Waals surface area contributed by atoms with Gasteiger partial charge in [-0.05, 0) is 25.0 Å². The molecule has 2 heterocycles. The summed E-state index contributed by atoms with van der Waals surface area (Å²) in [6.07, 6.45) is 2.88. The Balaban J connectivity index is 1.89. The van der Waals surface area contributed by atoms with E-state index in [4.69, 9.17) is 0 Å². The van der Waals surface area contributed by atoms with Crippen molar-refractivity contribution in [2.75, 3.05) is 0 Å². The van der Waals surface area contributed by atoms with Crippen molar-refractivity contribution in [2.45, 2.75) is 33.4 Å². The summed E-state index contributed by atoms with van der Waals surface area (Å²) in [6, 6.07) is 4.13. The summed E-state index contributed by atoms with van der Waals surface area (Å²) in [5, 5.41) is 6.61. The van der Waals surface area contributed by atoms with Crippen molar-refractivity contribution in [3.63, 3.8) is 0 Å². The van der Waals surface area contributed by atoms with E-state index >= 15 is 0 Å². The average molecular weight is 247 g/mol. The van der Waals surface area contributed by atoms with Crippen molar-refractivity contribution in [2.24, 2.45) is 0 Å². The van der Waals surface area contributed by atoms with Gasteiger partial charge in [-0.1, -0.05) is 13.0 Å². The van der Waals surface area contributed by atoms with E-state index in [1.54, 1.807) is 11.3 Å². The number of hydrogen-bond acceptors (Lipinski definition) is 4. The average Bonchev–Trinajstić information content (AvgIpc) is 2.76. The second kappa shape index (κ2) is 5.89. The minimum absolute atomic E-state index is 0.808. The SMILES string of the molecule is CCc1cccnc1CNCc1nc(C)cs1. The molecule has 0 radical (unpaired) electrons. The smallest absolute Gasteiger partial charge is 0.107 e. The Kier molecular flexibility index (Phi) is 4.23. The van der Waals surface area contributed by atoms with E-state index in [9.17, 15) is 0 Å².